The molecule has 2 saturated heterocycles. The lowest BCUT2D eigenvalue weighted by Crippen LogP contribution is -2.73. The Hall–Kier alpha value is -4.37. The molecule has 0 bridgehead atoms. The Balaban J connectivity index is 0.998. The molecule has 0 spiro atoms. The maximum Gasteiger partial charge on any atom is 0.419 e. The Bertz CT molecular complexity index is 1780. The van der Waals surface area contributed by atoms with Crippen LogP contribution in [-0.2, 0) is 50.0 Å². The van der Waals surface area contributed by atoms with Crippen molar-refractivity contribution in [2.24, 2.45) is 0 Å². The van der Waals surface area contributed by atoms with Crippen molar-refractivity contribution in [1.82, 2.24) is 34.5 Å². The van der Waals surface area contributed by atoms with Crippen molar-refractivity contribution in [1.29, 1.82) is 0 Å². The van der Waals surface area contributed by atoms with Crippen LogP contribution in [0.4, 0.5) is 10.6 Å². The summed E-state index contributed by atoms with van der Waals surface area (Å²) < 4.78 is 39.3. The fraction of sp³-hybridized carbons (Fsp3) is 0.393. The van der Waals surface area contributed by atoms with Gasteiger partial charge in [-0.2, -0.15) is 0 Å². The number of nitrogens with one attached hydrogen (secondary N) is 2. The molecule has 5 unspecified atom stereocenters. The molecule has 254 valence electrons. The number of nitrogens with zero attached hydrogens (tertiary/aromatic N) is 5. The number of hydrogen-bond acceptors (Lipinski definition) is 15. The van der Waals surface area contributed by atoms with Gasteiger partial charge in [0.15, 0.2) is 11.5 Å². The monoisotopic (exact) mass is 718 g/mol. The van der Waals surface area contributed by atoms with E-state index < -0.39 is 52.7 Å². The topological polar surface area (TPSA) is 219 Å². The highest BCUT2D eigenvalue weighted by Crippen LogP contribution is 2.36. The number of imidazole rings is 1. The van der Waals surface area contributed by atoms with Gasteiger partial charge in [0.1, 0.15) is 60.6 Å². The summed E-state index contributed by atoms with van der Waals surface area (Å²) >= 11 is 2.03. The number of β-lactam (4-membered cyclic amide) rings is 1. The number of hydrogen-bond donors (Lipinski definition) is 3. The lowest BCUT2D eigenvalue weighted by atomic mass is 10.0. The van der Waals surface area contributed by atoms with Gasteiger partial charge in [0.25, 0.3) is 5.91 Å². The average molecular weight is 719 g/mol. The van der Waals surface area contributed by atoms with E-state index in [0.29, 0.717) is 36.2 Å². The van der Waals surface area contributed by atoms with Crippen molar-refractivity contribution >= 4 is 75.2 Å². The first-order valence-corrected chi connectivity index (χ1v) is 17.6. The molecule has 0 aromatic carbocycles. The summed E-state index contributed by atoms with van der Waals surface area (Å²) in [4.78, 5) is 65.4. The van der Waals surface area contributed by atoms with Gasteiger partial charge in [-0.25, -0.2) is 29.3 Å². The van der Waals surface area contributed by atoms with Crippen LogP contribution in [0.25, 0.3) is 11.2 Å². The average Bonchev–Trinajstić information content (AvgIpc) is 3.85. The van der Waals surface area contributed by atoms with E-state index in [4.69, 9.17) is 24.1 Å². The number of fused-ring (bicyclic) bond motifs is 2. The van der Waals surface area contributed by atoms with Gasteiger partial charge in [-0.05, 0) is 24.3 Å². The predicted octanol–water partition coefficient (Wildman–Crippen LogP) is 1.10. The molecule has 17 nitrogen and oxygen atoms in total. The molecule has 3 aliphatic rings. The minimum atomic E-state index is -1.72. The van der Waals surface area contributed by atoms with E-state index in [-0.39, 0.29) is 54.8 Å². The highest BCUT2D eigenvalue weighted by atomic mass is 32.2. The number of nitrogen functional groups attached to an aromatic ring is 1. The van der Waals surface area contributed by atoms with Crippen LogP contribution in [0.1, 0.15) is 23.9 Å². The summed E-state index contributed by atoms with van der Waals surface area (Å²) in [5.74, 6) is -1.82. The van der Waals surface area contributed by atoms with Gasteiger partial charge in [-0.15, -0.1) is 11.3 Å². The molecule has 5 atom stereocenters. The summed E-state index contributed by atoms with van der Waals surface area (Å²) in [5, 5.41) is 3.48. The molecule has 20 heteroatoms. The third-order valence-corrected chi connectivity index (χ3v) is 10.6. The predicted molar refractivity (Wildman–Crippen MR) is 173 cm³/mol. The normalized spacial score (nSPS) is 23.4. The molecule has 3 aromatic heterocycles. The van der Waals surface area contributed by atoms with Crippen molar-refractivity contribution in [3.63, 3.8) is 0 Å². The minimum absolute atomic E-state index is 0.0592. The largest absolute Gasteiger partial charge is 0.457 e. The number of carbonyl (C=O) groups excluding carboxylic acids is 4. The van der Waals surface area contributed by atoms with E-state index in [9.17, 15) is 23.4 Å². The van der Waals surface area contributed by atoms with Crippen LogP contribution in [0.2, 0.25) is 0 Å². The highest BCUT2D eigenvalue weighted by molar-refractivity contribution is 7.93. The molecule has 6 rings (SSSR count). The van der Waals surface area contributed by atoms with E-state index in [2.05, 4.69) is 31.6 Å². The molecule has 6 heterocycles. The van der Waals surface area contributed by atoms with Gasteiger partial charge in [0.2, 0.25) is 5.91 Å². The first kappa shape index (κ1) is 33.5. The Morgan fingerprint density at radius 1 is 1.25 bits per heavy atom. The van der Waals surface area contributed by atoms with Crippen LogP contribution in [-0.4, -0.2) is 95.6 Å². The Kier molecular flexibility index (Phi) is 10.3. The zero-order chi connectivity index (χ0) is 33.8. The maximum atomic E-state index is 13.2. The van der Waals surface area contributed by atoms with E-state index in [1.807, 2.05) is 5.38 Å². The van der Waals surface area contributed by atoms with Gasteiger partial charge in [-0.3, -0.25) is 27.4 Å². The number of rotatable bonds is 13. The summed E-state index contributed by atoms with van der Waals surface area (Å²) in [5.41, 5.74) is 6.86. The number of thiophene rings is 1. The second-order valence-electron chi connectivity index (χ2n) is 10.7. The van der Waals surface area contributed by atoms with Crippen LogP contribution in [0.15, 0.2) is 54.1 Å². The number of aromatic nitrogens is 4. The molecule has 4 N–H and O–H groups in total. The van der Waals surface area contributed by atoms with Crippen LogP contribution in [0.3, 0.4) is 0 Å². The fourth-order valence-corrected chi connectivity index (χ4v) is 8.18. The van der Waals surface area contributed by atoms with Crippen LogP contribution in [0, 0.1) is 0 Å². The maximum absolute atomic E-state index is 13.2. The van der Waals surface area contributed by atoms with Crippen molar-refractivity contribution in [3.05, 3.63) is 59.0 Å². The molecule has 0 aliphatic carbocycles. The van der Waals surface area contributed by atoms with Crippen LogP contribution < -0.4 is 15.8 Å². The summed E-state index contributed by atoms with van der Waals surface area (Å²) in [6, 6.07) is 2.52. The second kappa shape index (κ2) is 14.8. The van der Waals surface area contributed by atoms with Crippen molar-refractivity contribution in [2.45, 2.75) is 43.0 Å². The highest BCUT2D eigenvalue weighted by Gasteiger charge is 2.57. The third kappa shape index (κ3) is 7.06. The number of ether oxygens (including phenoxy) is 3. The zero-order valence-corrected chi connectivity index (χ0v) is 27.6. The van der Waals surface area contributed by atoms with Crippen LogP contribution in [0.5, 0.6) is 0 Å². The second-order valence-corrected chi connectivity index (χ2v) is 13.9. The first-order valence-electron chi connectivity index (χ1n) is 14.6. The summed E-state index contributed by atoms with van der Waals surface area (Å²) in [7, 11) is -1.72. The van der Waals surface area contributed by atoms with Gasteiger partial charge in [-0.1, -0.05) is 18.7 Å². The van der Waals surface area contributed by atoms with E-state index >= 15 is 0 Å². The van der Waals surface area contributed by atoms with Crippen molar-refractivity contribution in [2.75, 3.05) is 31.3 Å². The lowest BCUT2D eigenvalue weighted by Gasteiger charge is -2.49. The molecule has 3 amide bonds. The number of esters is 1. The standard InChI is InChI=1S/C28H30N8O9S3/c1-2-7-42-27(39)22-15(12-48(41)26-21(25(38)36(22)26)33-18(37)9-17-4-3-8-46-17)10-43-28(40)34-47-44-11-16-5-6-19(45-16)35-14-32-20-23(29)30-13-31-24(20)35/h2-4,8,13-14,16,19,21,26H,1,5-7,9-12H2,(H,33,37)(H,34,40)(H2,29,30,31). The summed E-state index contributed by atoms with van der Waals surface area (Å²) in [6.45, 7) is 3.07. The molecule has 0 radical (unpaired) electrons. The van der Waals surface area contributed by atoms with Gasteiger partial charge in [0, 0.05) is 10.5 Å². The van der Waals surface area contributed by atoms with E-state index in [0.717, 1.165) is 9.78 Å². The number of amides is 3. The number of carbonyl (C=O) groups is 4. The number of nitrogens with two attached hydrogens (primary N) is 1. The van der Waals surface area contributed by atoms with E-state index in [1.54, 1.807) is 23.0 Å². The smallest absolute Gasteiger partial charge is 0.419 e. The molecule has 0 saturated carbocycles. The van der Waals surface area contributed by atoms with E-state index in [1.165, 1.54) is 23.7 Å². The lowest BCUT2D eigenvalue weighted by molar-refractivity contribution is -0.152. The minimum Gasteiger partial charge on any atom is -0.457 e. The Morgan fingerprint density at radius 2 is 2.10 bits per heavy atom. The van der Waals surface area contributed by atoms with Gasteiger partial charge in [0.05, 0.1) is 42.0 Å². The quantitative estimate of drug-likeness (QED) is 0.0563. The van der Waals surface area contributed by atoms with Gasteiger partial charge < -0.3 is 25.3 Å². The number of anilines is 1. The molecule has 3 aromatic rings. The first-order chi connectivity index (χ1) is 23.2. The molecule has 48 heavy (non-hydrogen) atoms. The fourth-order valence-electron chi connectivity index (χ4n) is 5.40. The molecule has 3 aliphatic heterocycles. The molecule has 2 fully saturated rings. The molecular formula is C28H30N8O9S3. The SMILES string of the molecule is C=CCOC(=O)C1=C(COC(=O)NSOCC2CCC(n3cnc4c(N)ncnc43)O2)CS(=O)C2C(NC(=O)Cc3cccs3)C(=O)N12. The van der Waals surface area contributed by atoms with Gasteiger partial charge >= 0.3 is 12.1 Å². The third-order valence-electron chi connectivity index (χ3n) is 7.56. The Labute approximate surface area is 284 Å². The van der Waals surface area contributed by atoms with Crippen molar-refractivity contribution < 1.29 is 41.8 Å². The Morgan fingerprint density at radius 3 is 2.90 bits per heavy atom. The van der Waals surface area contributed by atoms with Crippen molar-refractivity contribution in [3.8, 4) is 0 Å². The summed E-state index contributed by atoms with van der Waals surface area (Å²) in [6.07, 6.45) is 4.24. The molecular weight excluding hydrogens is 689 g/mol. The van der Waals surface area contributed by atoms with Crippen LogP contribution >= 0.6 is 23.6 Å². The zero-order valence-electron chi connectivity index (χ0n) is 25.1.